The number of hydrogen-bond donors (Lipinski definition) is 2. The number of rotatable bonds is 3. The third kappa shape index (κ3) is 2.37. The van der Waals surface area contributed by atoms with Crippen molar-refractivity contribution in [3.8, 4) is 0 Å². The number of aliphatic hydroxyl groups excluding tert-OH is 1. The number of pyridine rings is 1. The first-order valence-corrected chi connectivity index (χ1v) is 5.26. The van der Waals surface area contributed by atoms with Gasteiger partial charge in [0.15, 0.2) is 0 Å². The van der Waals surface area contributed by atoms with Gasteiger partial charge < -0.3 is 10.4 Å². The molecule has 0 saturated carbocycles. The van der Waals surface area contributed by atoms with Crippen molar-refractivity contribution in [2.75, 3.05) is 20.1 Å². The van der Waals surface area contributed by atoms with Crippen LogP contribution in [-0.2, 0) is 6.54 Å². The molecule has 2 rings (SSSR count). The number of nitrogens with one attached hydrogen (secondary N) is 1. The van der Waals surface area contributed by atoms with Crippen molar-refractivity contribution < 1.29 is 9.90 Å². The highest BCUT2D eigenvalue weighted by molar-refractivity contribution is 5.91. The van der Waals surface area contributed by atoms with Crippen LogP contribution in [0.4, 0.5) is 0 Å². The van der Waals surface area contributed by atoms with E-state index >= 15 is 0 Å². The normalized spacial score (nSPS) is 16.9. The average molecular weight is 221 g/mol. The fourth-order valence-corrected chi connectivity index (χ4v) is 1.71. The number of amides is 1. The van der Waals surface area contributed by atoms with Crippen LogP contribution in [0, 0.1) is 0 Å². The minimum Gasteiger partial charge on any atom is -0.390 e. The molecule has 5 nitrogen and oxygen atoms in total. The van der Waals surface area contributed by atoms with E-state index in [0.29, 0.717) is 5.69 Å². The van der Waals surface area contributed by atoms with Crippen molar-refractivity contribution in [3.05, 3.63) is 29.6 Å². The standard InChI is InChI=1S/C11H15N3O2/c1-12-11(16)10-3-2-8(4-13-10)5-14-6-9(15)7-14/h2-4,9,15H,5-7H2,1H3,(H,12,16). The molecule has 0 atom stereocenters. The Morgan fingerprint density at radius 3 is 2.88 bits per heavy atom. The van der Waals surface area contributed by atoms with Gasteiger partial charge in [-0.05, 0) is 11.6 Å². The summed E-state index contributed by atoms with van der Waals surface area (Å²) in [5.41, 5.74) is 1.48. The number of aromatic nitrogens is 1. The van der Waals surface area contributed by atoms with E-state index in [9.17, 15) is 4.79 Å². The molecule has 1 aliphatic rings. The average Bonchev–Trinajstić information content (AvgIpc) is 2.27. The Bertz CT molecular complexity index is 371. The van der Waals surface area contributed by atoms with E-state index in [4.69, 9.17) is 5.11 Å². The molecule has 1 amide bonds. The number of aliphatic hydroxyl groups is 1. The van der Waals surface area contributed by atoms with E-state index in [1.165, 1.54) is 0 Å². The largest absolute Gasteiger partial charge is 0.390 e. The number of carbonyl (C=O) groups excluding carboxylic acids is 1. The van der Waals surface area contributed by atoms with Crippen molar-refractivity contribution >= 4 is 5.91 Å². The molecule has 2 N–H and O–H groups in total. The summed E-state index contributed by atoms with van der Waals surface area (Å²) < 4.78 is 0. The first-order valence-electron chi connectivity index (χ1n) is 5.26. The van der Waals surface area contributed by atoms with Gasteiger partial charge in [0.1, 0.15) is 5.69 Å². The maximum Gasteiger partial charge on any atom is 0.269 e. The van der Waals surface area contributed by atoms with Crippen LogP contribution >= 0.6 is 0 Å². The molecule has 1 aromatic heterocycles. The molecule has 0 unspecified atom stereocenters. The molecule has 2 heterocycles. The summed E-state index contributed by atoms with van der Waals surface area (Å²) in [5, 5.41) is 11.7. The van der Waals surface area contributed by atoms with E-state index in [0.717, 1.165) is 25.2 Å². The minimum absolute atomic E-state index is 0.175. The fourth-order valence-electron chi connectivity index (χ4n) is 1.71. The second kappa shape index (κ2) is 4.59. The van der Waals surface area contributed by atoms with E-state index in [2.05, 4.69) is 15.2 Å². The third-order valence-corrected chi connectivity index (χ3v) is 2.63. The molecule has 5 heteroatoms. The van der Waals surface area contributed by atoms with E-state index in [1.54, 1.807) is 19.3 Å². The zero-order valence-corrected chi connectivity index (χ0v) is 9.18. The lowest BCUT2D eigenvalue weighted by molar-refractivity contribution is -0.00291. The molecule has 0 aromatic carbocycles. The molecule has 1 fully saturated rings. The maximum absolute atomic E-state index is 11.2. The number of β-amino-alcohol motifs (C(OH)–C–C–N with tert-alkyl or cyclic N) is 1. The molecule has 16 heavy (non-hydrogen) atoms. The van der Waals surface area contributed by atoms with Crippen LogP contribution in [0.5, 0.6) is 0 Å². The molecular formula is C11H15N3O2. The number of carbonyl (C=O) groups is 1. The molecule has 86 valence electrons. The van der Waals surface area contributed by atoms with Gasteiger partial charge in [0.2, 0.25) is 0 Å². The van der Waals surface area contributed by atoms with Crippen LogP contribution < -0.4 is 5.32 Å². The Morgan fingerprint density at radius 1 is 1.62 bits per heavy atom. The lowest BCUT2D eigenvalue weighted by Crippen LogP contribution is -2.49. The van der Waals surface area contributed by atoms with E-state index < -0.39 is 0 Å². The summed E-state index contributed by atoms with van der Waals surface area (Å²) in [5.74, 6) is -0.175. The molecule has 0 aliphatic carbocycles. The summed E-state index contributed by atoms with van der Waals surface area (Å²) in [7, 11) is 1.58. The first-order chi connectivity index (χ1) is 7.69. The SMILES string of the molecule is CNC(=O)c1ccc(CN2CC(O)C2)cn1. The molecular weight excluding hydrogens is 206 g/mol. The smallest absolute Gasteiger partial charge is 0.269 e. The Kier molecular flexibility index (Phi) is 3.17. The van der Waals surface area contributed by atoms with Gasteiger partial charge in [-0.2, -0.15) is 0 Å². The van der Waals surface area contributed by atoms with Crippen LogP contribution in [0.3, 0.4) is 0 Å². The minimum atomic E-state index is -0.182. The van der Waals surface area contributed by atoms with Crippen molar-refractivity contribution in [3.63, 3.8) is 0 Å². The molecule has 0 bridgehead atoms. The van der Waals surface area contributed by atoms with E-state index in [1.807, 2.05) is 6.07 Å². The van der Waals surface area contributed by atoms with Crippen molar-refractivity contribution in [1.29, 1.82) is 0 Å². The van der Waals surface area contributed by atoms with Gasteiger partial charge >= 0.3 is 0 Å². The van der Waals surface area contributed by atoms with Gasteiger partial charge in [0.05, 0.1) is 6.10 Å². The van der Waals surface area contributed by atoms with Crippen molar-refractivity contribution in [1.82, 2.24) is 15.2 Å². The number of nitrogens with zero attached hydrogens (tertiary/aromatic N) is 2. The second-order valence-corrected chi connectivity index (χ2v) is 3.98. The van der Waals surface area contributed by atoms with E-state index in [-0.39, 0.29) is 12.0 Å². The Labute approximate surface area is 94.1 Å². The number of hydrogen-bond acceptors (Lipinski definition) is 4. The summed E-state index contributed by atoms with van der Waals surface area (Å²) >= 11 is 0. The Balaban J connectivity index is 1.94. The van der Waals surface area contributed by atoms with Gasteiger partial charge in [-0.25, -0.2) is 0 Å². The zero-order valence-electron chi connectivity index (χ0n) is 9.18. The summed E-state index contributed by atoms with van der Waals surface area (Å²) in [6.07, 6.45) is 1.52. The first kappa shape index (κ1) is 11.0. The monoisotopic (exact) mass is 221 g/mol. The zero-order chi connectivity index (χ0) is 11.5. The lowest BCUT2D eigenvalue weighted by atomic mass is 10.1. The number of likely N-dealkylation sites (tertiary alicyclic amines) is 1. The molecule has 0 spiro atoms. The molecule has 0 radical (unpaired) electrons. The van der Waals surface area contributed by atoms with Crippen LogP contribution in [0.25, 0.3) is 0 Å². The Morgan fingerprint density at radius 2 is 2.38 bits per heavy atom. The molecule has 1 saturated heterocycles. The van der Waals surface area contributed by atoms with Gasteiger partial charge in [-0.15, -0.1) is 0 Å². The highest BCUT2D eigenvalue weighted by Gasteiger charge is 2.23. The second-order valence-electron chi connectivity index (χ2n) is 3.98. The fraction of sp³-hybridized carbons (Fsp3) is 0.455. The summed E-state index contributed by atoms with van der Waals surface area (Å²) in [6.45, 7) is 2.21. The van der Waals surface area contributed by atoms with Crippen LogP contribution in [-0.4, -0.2) is 47.1 Å². The van der Waals surface area contributed by atoms with Gasteiger partial charge in [-0.1, -0.05) is 6.07 Å². The topological polar surface area (TPSA) is 65.5 Å². The quantitative estimate of drug-likeness (QED) is 0.730. The van der Waals surface area contributed by atoms with Gasteiger partial charge in [0.25, 0.3) is 5.91 Å². The van der Waals surface area contributed by atoms with Gasteiger partial charge in [0, 0.05) is 32.9 Å². The highest BCUT2D eigenvalue weighted by atomic mass is 16.3. The predicted molar refractivity (Wildman–Crippen MR) is 58.9 cm³/mol. The summed E-state index contributed by atoms with van der Waals surface area (Å²) in [4.78, 5) is 17.4. The lowest BCUT2D eigenvalue weighted by Gasteiger charge is -2.35. The highest BCUT2D eigenvalue weighted by Crippen LogP contribution is 2.12. The third-order valence-electron chi connectivity index (χ3n) is 2.63. The Hall–Kier alpha value is -1.46. The van der Waals surface area contributed by atoms with Crippen LogP contribution in [0.2, 0.25) is 0 Å². The maximum atomic E-state index is 11.2. The van der Waals surface area contributed by atoms with Crippen molar-refractivity contribution in [2.24, 2.45) is 0 Å². The summed E-state index contributed by atoms with van der Waals surface area (Å²) in [6, 6.07) is 3.60. The van der Waals surface area contributed by atoms with Crippen LogP contribution in [0.1, 0.15) is 16.1 Å². The predicted octanol–water partition coefficient (Wildman–Crippen LogP) is -0.382. The van der Waals surface area contributed by atoms with Crippen molar-refractivity contribution in [2.45, 2.75) is 12.6 Å². The van der Waals surface area contributed by atoms with Gasteiger partial charge in [-0.3, -0.25) is 14.7 Å². The molecule has 1 aromatic rings. The van der Waals surface area contributed by atoms with Crippen LogP contribution in [0.15, 0.2) is 18.3 Å². The molecule has 1 aliphatic heterocycles.